The summed E-state index contributed by atoms with van der Waals surface area (Å²) in [5.74, 6) is -1.39. The third kappa shape index (κ3) is 4.76. The van der Waals surface area contributed by atoms with E-state index in [9.17, 15) is 32.8 Å². The molecule has 4 rings (SSSR count). The number of aryl methyl sites for hydroxylation is 1. The molecule has 5 atom stereocenters. The summed E-state index contributed by atoms with van der Waals surface area (Å²) < 4.78 is 40.7. The molecule has 12 heteroatoms. The van der Waals surface area contributed by atoms with Crippen LogP contribution in [0.4, 0.5) is 13.2 Å². The van der Waals surface area contributed by atoms with Crippen molar-refractivity contribution in [3.8, 4) is 18.4 Å². The average molecular weight is 557 g/mol. The molecule has 40 heavy (non-hydrogen) atoms. The minimum absolute atomic E-state index is 0.0701. The van der Waals surface area contributed by atoms with Crippen molar-refractivity contribution in [1.82, 2.24) is 25.1 Å². The van der Waals surface area contributed by atoms with E-state index >= 15 is 0 Å². The molecular weight excluding hydrogens is 525 g/mol. The monoisotopic (exact) mass is 556 g/mol. The van der Waals surface area contributed by atoms with Crippen LogP contribution in [0.5, 0.6) is 0 Å². The quantitative estimate of drug-likeness (QED) is 0.549. The van der Waals surface area contributed by atoms with E-state index in [1.165, 1.54) is 36.4 Å². The molecule has 1 saturated carbocycles. The fourth-order valence-corrected chi connectivity index (χ4v) is 5.84. The van der Waals surface area contributed by atoms with E-state index in [0.29, 0.717) is 16.6 Å². The number of nitrogens with one attached hydrogen (secondary N) is 2. The molecule has 0 radical (unpaired) electrons. The zero-order valence-electron chi connectivity index (χ0n) is 23.1. The maximum Gasteiger partial charge on any atom is 0.471 e. The van der Waals surface area contributed by atoms with Gasteiger partial charge in [-0.3, -0.25) is 14.4 Å². The second kappa shape index (κ2) is 9.54. The number of alkyl halides is 3. The van der Waals surface area contributed by atoms with Crippen LogP contribution >= 0.6 is 0 Å². The van der Waals surface area contributed by atoms with Gasteiger partial charge in [-0.25, -0.2) is 4.52 Å². The van der Waals surface area contributed by atoms with Crippen LogP contribution in [-0.4, -0.2) is 57.0 Å². The number of fused-ring (bicyclic) bond motifs is 2. The van der Waals surface area contributed by atoms with Crippen LogP contribution in [0, 0.1) is 53.3 Å². The molecule has 0 spiro atoms. The van der Waals surface area contributed by atoms with Gasteiger partial charge in [0, 0.05) is 18.3 Å². The molecule has 2 aromatic rings. The Balaban J connectivity index is 1.66. The van der Waals surface area contributed by atoms with Crippen LogP contribution < -0.4 is 10.6 Å². The molecule has 2 aromatic heterocycles. The number of likely N-dealkylation sites (tertiary alicyclic amines) is 1. The van der Waals surface area contributed by atoms with Gasteiger partial charge >= 0.3 is 12.1 Å². The van der Waals surface area contributed by atoms with Crippen LogP contribution in [-0.2, 0) is 14.4 Å². The minimum atomic E-state index is -5.18. The lowest BCUT2D eigenvalue weighted by molar-refractivity contribution is -0.176. The Bertz CT molecular complexity index is 1470. The van der Waals surface area contributed by atoms with E-state index in [1.54, 1.807) is 12.3 Å². The number of piperidine rings is 1. The molecule has 3 heterocycles. The summed E-state index contributed by atoms with van der Waals surface area (Å²) in [7, 11) is 0. The van der Waals surface area contributed by atoms with Gasteiger partial charge < -0.3 is 15.5 Å². The van der Waals surface area contributed by atoms with Crippen molar-refractivity contribution in [3.05, 3.63) is 35.2 Å². The van der Waals surface area contributed by atoms with Gasteiger partial charge in [0.1, 0.15) is 18.1 Å². The van der Waals surface area contributed by atoms with Crippen LogP contribution in [0.3, 0.4) is 0 Å². The average Bonchev–Trinajstić information content (AvgIpc) is 3.22. The Morgan fingerprint density at radius 1 is 1.23 bits per heavy atom. The van der Waals surface area contributed by atoms with Gasteiger partial charge in [-0.2, -0.15) is 23.5 Å². The molecule has 2 aliphatic rings. The minimum Gasteiger partial charge on any atom is -0.336 e. The van der Waals surface area contributed by atoms with E-state index in [-0.39, 0.29) is 23.8 Å². The summed E-state index contributed by atoms with van der Waals surface area (Å²) in [5, 5.41) is 18.8. The third-order valence-corrected chi connectivity index (χ3v) is 8.20. The molecule has 1 saturated heterocycles. The Morgan fingerprint density at radius 2 is 1.88 bits per heavy atom. The topological polar surface area (TPSA) is 120 Å². The maximum absolute atomic E-state index is 13.8. The van der Waals surface area contributed by atoms with Crippen molar-refractivity contribution in [2.45, 2.75) is 65.8 Å². The first kappa shape index (κ1) is 28.9. The van der Waals surface area contributed by atoms with E-state index in [1.807, 2.05) is 26.1 Å². The first-order chi connectivity index (χ1) is 18.4. The maximum atomic E-state index is 13.8. The van der Waals surface area contributed by atoms with Crippen molar-refractivity contribution >= 4 is 23.2 Å². The van der Waals surface area contributed by atoms with Gasteiger partial charge in [-0.1, -0.05) is 40.5 Å². The molecular formula is C28H31F3N6O3. The number of amides is 3. The van der Waals surface area contributed by atoms with Gasteiger partial charge in [0.25, 0.3) is 0 Å². The molecule has 9 nitrogen and oxygen atoms in total. The zero-order chi connectivity index (χ0) is 29.9. The first-order valence-electron chi connectivity index (χ1n) is 12.8. The lowest BCUT2D eigenvalue weighted by Gasteiger charge is -2.37. The smallest absolute Gasteiger partial charge is 0.336 e. The standard InChI is InChI=1S/C28H31F3N6O3/c1-8-15-14(2)9-10-37-20(15)16(12-33-37)18(11-32)34-23(38)21-19-17(27(19,6)7)13-36(21)24(39)22(26(3,4)5)35-25(40)28(29,30)31/h1,9-10,12,17-19,21-22H,13H2,2-7H3,(H,34,38)(H,35,40). The summed E-state index contributed by atoms with van der Waals surface area (Å²) in [6.45, 7) is 10.4. The van der Waals surface area contributed by atoms with Gasteiger partial charge in [-0.05, 0) is 41.2 Å². The van der Waals surface area contributed by atoms with E-state index in [4.69, 9.17) is 6.42 Å². The number of pyridine rings is 1. The number of carbonyl (C=O) groups excluding carboxylic acids is 3. The Labute approximate surface area is 230 Å². The number of hydrogen-bond donors (Lipinski definition) is 2. The highest BCUT2D eigenvalue weighted by Crippen LogP contribution is 2.65. The number of nitriles is 1. The molecule has 5 unspecified atom stereocenters. The molecule has 3 amide bonds. The third-order valence-electron chi connectivity index (χ3n) is 8.20. The van der Waals surface area contributed by atoms with E-state index in [2.05, 4.69) is 22.4 Å². The van der Waals surface area contributed by atoms with Crippen molar-refractivity contribution in [2.75, 3.05) is 6.54 Å². The second-order valence-corrected chi connectivity index (χ2v) is 12.1. The normalized spacial score (nSPS) is 23.0. The number of hydrogen-bond acceptors (Lipinski definition) is 5. The van der Waals surface area contributed by atoms with Crippen molar-refractivity contribution in [3.63, 3.8) is 0 Å². The van der Waals surface area contributed by atoms with Gasteiger partial charge in [0.15, 0.2) is 0 Å². The van der Waals surface area contributed by atoms with Crippen LogP contribution in [0.2, 0.25) is 0 Å². The predicted octanol–water partition coefficient (Wildman–Crippen LogP) is 2.88. The molecule has 2 N–H and O–H groups in total. The molecule has 212 valence electrons. The predicted molar refractivity (Wildman–Crippen MR) is 138 cm³/mol. The molecule has 0 aromatic carbocycles. The highest BCUT2D eigenvalue weighted by atomic mass is 19.4. The Kier molecular flexibility index (Phi) is 6.90. The number of nitrogens with zero attached hydrogens (tertiary/aromatic N) is 4. The lowest BCUT2D eigenvalue weighted by atomic mass is 9.85. The fraction of sp³-hybridized carbons (Fsp3) is 0.536. The van der Waals surface area contributed by atoms with Gasteiger partial charge in [0.05, 0.1) is 23.3 Å². The van der Waals surface area contributed by atoms with Crippen molar-refractivity contribution in [2.24, 2.45) is 22.7 Å². The molecule has 2 fully saturated rings. The van der Waals surface area contributed by atoms with Crippen molar-refractivity contribution in [1.29, 1.82) is 5.26 Å². The zero-order valence-corrected chi connectivity index (χ0v) is 23.1. The number of rotatable bonds is 5. The summed E-state index contributed by atoms with van der Waals surface area (Å²) in [4.78, 5) is 40.5. The fourth-order valence-electron chi connectivity index (χ4n) is 5.84. The van der Waals surface area contributed by atoms with Gasteiger partial charge in [-0.15, -0.1) is 6.42 Å². The van der Waals surface area contributed by atoms with Gasteiger partial charge in [0.2, 0.25) is 11.8 Å². The molecule has 0 bridgehead atoms. The van der Waals surface area contributed by atoms with Crippen LogP contribution in [0.25, 0.3) is 5.52 Å². The van der Waals surface area contributed by atoms with Crippen molar-refractivity contribution < 1.29 is 27.6 Å². The van der Waals surface area contributed by atoms with Crippen LogP contribution in [0.15, 0.2) is 18.5 Å². The SMILES string of the molecule is C#Cc1c(C)ccn2ncc(C(C#N)NC(=O)C3C4C(CN3C(=O)C(NC(=O)C(F)(F)F)C(C)(C)C)C4(C)C)c12. The lowest BCUT2D eigenvalue weighted by Crippen LogP contribution is -2.60. The number of carbonyl (C=O) groups is 3. The van der Waals surface area contributed by atoms with Crippen LogP contribution in [0.1, 0.15) is 57.4 Å². The Morgan fingerprint density at radius 3 is 2.42 bits per heavy atom. The Hall–Kier alpha value is -4.06. The second-order valence-electron chi connectivity index (χ2n) is 12.1. The number of aromatic nitrogens is 2. The molecule has 1 aliphatic heterocycles. The number of terminal acetylenes is 1. The largest absolute Gasteiger partial charge is 0.471 e. The van der Waals surface area contributed by atoms with E-state index < -0.39 is 47.4 Å². The highest BCUT2D eigenvalue weighted by Gasteiger charge is 2.70. The molecule has 1 aliphatic carbocycles. The highest BCUT2D eigenvalue weighted by molar-refractivity contribution is 5.95. The number of halogens is 3. The summed E-state index contributed by atoms with van der Waals surface area (Å²) in [6, 6.07) is 0.0897. The summed E-state index contributed by atoms with van der Waals surface area (Å²) in [6.07, 6.45) is 3.65. The van der Waals surface area contributed by atoms with E-state index in [0.717, 1.165) is 5.56 Å². The first-order valence-corrected chi connectivity index (χ1v) is 12.8. The summed E-state index contributed by atoms with van der Waals surface area (Å²) >= 11 is 0. The summed E-state index contributed by atoms with van der Waals surface area (Å²) in [5.41, 5.74) is 0.770.